The van der Waals surface area contributed by atoms with Crippen molar-refractivity contribution < 1.29 is 4.39 Å². The SMILES string of the molecule is [CH2]CCC#CF. The van der Waals surface area contributed by atoms with Gasteiger partial charge in [0.05, 0.1) is 0 Å². The van der Waals surface area contributed by atoms with Crippen LogP contribution in [-0.4, -0.2) is 0 Å². The highest BCUT2D eigenvalue weighted by atomic mass is 19.1. The minimum absolute atomic E-state index is 0.566. The molecule has 0 saturated carbocycles. The van der Waals surface area contributed by atoms with E-state index in [1.165, 1.54) is 6.17 Å². The number of hydrogen-bond donors (Lipinski definition) is 0. The Kier molecular flexibility index (Phi) is 4.11. The van der Waals surface area contributed by atoms with Gasteiger partial charge in [-0.3, -0.25) is 0 Å². The van der Waals surface area contributed by atoms with Crippen LogP contribution in [0, 0.1) is 19.0 Å². The van der Waals surface area contributed by atoms with Crippen molar-refractivity contribution in [2.45, 2.75) is 12.8 Å². The molecule has 0 bridgehead atoms. The van der Waals surface area contributed by atoms with Gasteiger partial charge in [-0.2, -0.15) is 0 Å². The molecular weight excluding hydrogens is 79.1 g/mol. The van der Waals surface area contributed by atoms with E-state index in [0.29, 0.717) is 12.8 Å². The van der Waals surface area contributed by atoms with Gasteiger partial charge >= 0.3 is 0 Å². The van der Waals surface area contributed by atoms with E-state index in [4.69, 9.17) is 0 Å². The highest BCUT2D eigenvalue weighted by Crippen LogP contribution is 1.78. The summed E-state index contributed by atoms with van der Waals surface area (Å²) in [5.41, 5.74) is 0. The van der Waals surface area contributed by atoms with Crippen LogP contribution in [0.15, 0.2) is 0 Å². The third-order valence-corrected chi connectivity index (χ3v) is 0.369. The lowest BCUT2D eigenvalue weighted by Gasteiger charge is -1.69. The van der Waals surface area contributed by atoms with Gasteiger partial charge in [0.2, 0.25) is 0 Å². The number of rotatable bonds is 1. The molecule has 0 spiro atoms. The molecule has 0 amide bonds. The fourth-order valence-electron chi connectivity index (χ4n) is 0.136. The third-order valence-electron chi connectivity index (χ3n) is 0.369. The van der Waals surface area contributed by atoms with Crippen molar-refractivity contribution in [1.82, 2.24) is 0 Å². The zero-order valence-electron chi connectivity index (χ0n) is 3.50. The summed E-state index contributed by atoms with van der Waals surface area (Å²) in [6.07, 6.45) is 2.54. The average Bonchev–Trinajstić information content (AvgIpc) is 1.61. The molecule has 0 aromatic heterocycles. The minimum atomic E-state index is 0.566. The second-order valence-electron chi connectivity index (χ2n) is 0.875. The molecule has 1 radical (unpaired) electrons. The van der Waals surface area contributed by atoms with E-state index in [1.807, 2.05) is 0 Å². The second-order valence-corrected chi connectivity index (χ2v) is 0.875. The quantitative estimate of drug-likeness (QED) is 0.423. The predicted octanol–water partition coefficient (Wildman–Crippen LogP) is 1.53. The van der Waals surface area contributed by atoms with E-state index in [0.717, 1.165) is 0 Å². The molecule has 0 unspecified atom stereocenters. The lowest BCUT2D eigenvalue weighted by molar-refractivity contribution is 0.770. The van der Waals surface area contributed by atoms with E-state index in [1.54, 1.807) is 0 Å². The van der Waals surface area contributed by atoms with Crippen molar-refractivity contribution in [2.75, 3.05) is 0 Å². The summed E-state index contributed by atoms with van der Waals surface area (Å²) >= 11 is 0. The zero-order chi connectivity index (χ0) is 4.83. The molecule has 0 aliphatic carbocycles. The molecule has 1 heteroatoms. The highest BCUT2D eigenvalue weighted by Gasteiger charge is 1.65. The molecule has 0 rings (SSSR count). The Hall–Kier alpha value is -0.510. The van der Waals surface area contributed by atoms with Gasteiger partial charge in [0.25, 0.3) is 0 Å². The molecule has 0 aliphatic heterocycles. The van der Waals surface area contributed by atoms with Crippen LogP contribution in [-0.2, 0) is 0 Å². The van der Waals surface area contributed by atoms with Gasteiger partial charge in [-0.25, -0.2) is 0 Å². The van der Waals surface area contributed by atoms with Crippen molar-refractivity contribution in [1.29, 1.82) is 0 Å². The van der Waals surface area contributed by atoms with Gasteiger partial charge in [0, 0.05) is 6.42 Å². The Morgan fingerprint density at radius 2 is 2.33 bits per heavy atom. The molecule has 0 saturated heterocycles. The van der Waals surface area contributed by atoms with Gasteiger partial charge in [-0.05, 0) is 6.42 Å². The summed E-state index contributed by atoms with van der Waals surface area (Å²) in [7, 11) is 0. The summed E-state index contributed by atoms with van der Waals surface area (Å²) in [6.45, 7) is 3.45. The monoisotopic (exact) mass is 85.0 g/mol. The third kappa shape index (κ3) is 3.49. The Balaban J connectivity index is 2.79. The Morgan fingerprint density at radius 1 is 1.67 bits per heavy atom. The van der Waals surface area contributed by atoms with E-state index in [2.05, 4.69) is 12.8 Å². The Morgan fingerprint density at radius 3 is 2.50 bits per heavy atom. The summed E-state index contributed by atoms with van der Waals surface area (Å²) in [6, 6.07) is 0. The van der Waals surface area contributed by atoms with Gasteiger partial charge in [-0.1, -0.05) is 12.8 Å². The van der Waals surface area contributed by atoms with Crippen LogP contribution >= 0.6 is 0 Å². The maximum absolute atomic E-state index is 10.8. The fraction of sp³-hybridized carbons (Fsp3) is 0.400. The van der Waals surface area contributed by atoms with E-state index in [9.17, 15) is 4.39 Å². The molecule has 6 heavy (non-hydrogen) atoms. The summed E-state index contributed by atoms with van der Waals surface area (Å²) in [5.74, 6) is 2.22. The molecule has 0 aromatic rings. The maximum atomic E-state index is 10.8. The zero-order valence-corrected chi connectivity index (χ0v) is 3.50. The van der Waals surface area contributed by atoms with Crippen LogP contribution in [0.3, 0.4) is 0 Å². The average molecular weight is 85.1 g/mol. The summed E-state index contributed by atoms with van der Waals surface area (Å²) < 4.78 is 10.8. The molecule has 0 nitrogen and oxygen atoms in total. The van der Waals surface area contributed by atoms with E-state index in [-0.39, 0.29) is 0 Å². The van der Waals surface area contributed by atoms with Gasteiger partial charge in [0.15, 0.2) is 0 Å². The lowest BCUT2D eigenvalue weighted by Crippen LogP contribution is -1.56. The summed E-state index contributed by atoms with van der Waals surface area (Å²) in [5, 5.41) is 0. The van der Waals surface area contributed by atoms with Crippen LogP contribution < -0.4 is 0 Å². The molecule has 0 heterocycles. The van der Waals surface area contributed by atoms with Gasteiger partial charge < -0.3 is 0 Å². The topological polar surface area (TPSA) is 0 Å². The first-order valence-electron chi connectivity index (χ1n) is 1.79. The molecule has 0 aromatic carbocycles. The normalized spacial score (nSPS) is 6.33. The van der Waals surface area contributed by atoms with E-state index < -0.39 is 0 Å². The largest absolute Gasteiger partial charge is 0.144 e. The van der Waals surface area contributed by atoms with Crippen LogP contribution in [0.1, 0.15) is 12.8 Å². The molecule has 0 fully saturated rings. The highest BCUT2D eigenvalue weighted by molar-refractivity contribution is 4.89. The fourth-order valence-corrected chi connectivity index (χ4v) is 0.136. The second kappa shape index (κ2) is 4.49. The van der Waals surface area contributed by atoms with Crippen LogP contribution in [0.5, 0.6) is 0 Å². The van der Waals surface area contributed by atoms with Crippen molar-refractivity contribution in [3.8, 4) is 12.1 Å². The smallest absolute Gasteiger partial charge is 0.105 e. The predicted molar refractivity (Wildman–Crippen MR) is 23.5 cm³/mol. The lowest BCUT2D eigenvalue weighted by atomic mass is 10.4. The van der Waals surface area contributed by atoms with Crippen LogP contribution in [0.25, 0.3) is 0 Å². The van der Waals surface area contributed by atoms with Crippen molar-refractivity contribution in [3.05, 3.63) is 6.92 Å². The standard InChI is InChI=1S/C5H6F/c1-2-3-4-5-6/h1-3H2. The molecule has 0 atom stereocenters. The molecule has 33 valence electrons. The minimum Gasteiger partial charge on any atom is -0.144 e. The first-order chi connectivity index (χ1) is 2.91. The van der Waals surface area contributed by atoms with Crippen LogP contribution in [0.2, 0.25) is 0 Å². The number of halogens is 1. The van der Waals surface area contributed by atoms with Crippen molar-refractivity contribution >= 4 is 0 Å². The van der Waals surface area contributed by atoms with Gasteiger partial charge in [-0.15, -0.1) is 4.39 Å². The molecular formula is C5H6F. The van der Waals surface area contributed by atoms with Crippen molar-refractivity contribution in [3.63, 3.8) is 0 Å². The molecule has 0 aliphatic rings. The Bertz CT molecular complexity index is 65.7. The maximum Gasteiger partial charge on any atom is 0.105 e. The van der Waals surface area contributed by atoms with Gasteiger partial charge in [0.1, 0.15) is 6.17 Å². The van der Waals surface area contributed by atoms with E-state index >= 15 is 0 Å². The summed E-state index contributed by atoms with van der Waals surface area (Å²) in [4.78, 5) is 0. The molecule has 0 N–H and O–H groups in total. The first-order valence-corrected chi connectivity index (χ1v) is 1.79. The number of hydrogen-bond acceptors (Lipinski definition) is 0. The first kappa shape index (κ1) is 5.49. The van der Waals surface area contributed by atoms with Crippen molar-refractivity contribution in [2.24, 2.45) is 0 Å². The van der Waals surface area contributed by atoms with Crippen LogP contribution in [0.4, 0.5) is 4.39 Å². The number of unbranched alkanes of at least 4 members (excludes halogenated alkanes) is 1. The Labute approximate surface area is 37.4 Å².